The van der Waals surface area contributed by atoms with Gasteiger partial charge in [0.15, 0.2) is 6.61 Å². The smallest absolute Gasteiger partial charge is 0.337 e. The number of hydrogen-bond donors (Lipinski definition) is 1. The third-order valence-corrected chi connectivity index (χ3v) is 6.71. The van der Waals surface area contributed by atoms with Crippen molar-refractivity contribution in [3.8, 4) is 5.75 Å². The summed E-state index contributed by atoms with van der Waals surface area (Å²) in [5.41, 5.74) is 1.83. The molecule has 0 bridgehead atoms. The lowest BCUT2D eigenvalue weighted by molar-refractivity contribution is -0.132. The van der Waals surface area contributed by atoms with E-state index < -0.39 is 5.97 Å². The highest BCUT2D eigenvalue weighted by atomic mass is 16.5. The van der Waals surface area contributed by atoms with Crippen LogP contribution in [-0.4, -0.2) is 49.6 Å². The Labute approximate surface area is 193 Å². The molecule has 1 aliphatic heterocycles. The van der Waals surface area contributed by atoms with E-state index in [9.17, 15) is 9.59 Å². The van der Waals surface area contributed by atoms with Crippen LogP contribution in [0.4, 0.5) is 0 Å². The molecular weight excluding hydrogens is 416 g/mol. The van der Waals surface area contributed by atoms with Gasteiger partial charge < -0.3 is 19.7 Å². The first-order chi connectivity index (χ1) is 16.1. The molecule has 5 rings (SSSR count). The summed E-state index contributed by atoms with van der Waals surface area (Å²) in [6.07, 6.45) is 3.18. The summed E-state index contributed by atoms with van der Waals surface area (Å²) in [4.78, 5) is 26.1. The van der Waals surface area contributed by atoms with Gasteiger partial charge in [0, 0.05) is 24.7 Å². The molecule has 3 aromatic rings. The van der Waals surface area contributed by atoms with E-state index in [1.54, 1.807) is 24.3 Å². The fourth-order valence-electron chi connectivity index (χ4n) is 4.80. The van der Waals surface area contributed by atoms with Gasteiger partial charge in [0.2, 0.25) is 0 Å². The van der Waals surface area contributed by atoms with Crippen LogP contribution in [0.15, 0.2) is 66.7 Å². The van der Waals surface area contributed by atoms with Gasteiger partial charge in [0.05, 0.1) is 12.7 Å². The molecule has 0 radical (unpaired) electrons. The minimum absolute atomic E-state index is 0.0151. The number of rotatable bonds is 7. The first-order valence-electron chi connectivity index (χ1n) is 11.4. The molecule has 0 aromatic heterocycles. The van der Waals surface area contributed by atoms with Gasteiger partial charge in [-0.15, -0.1) is 0 Å². The lowest BCUT2D eigenvalue weighted by Crippen LogP contribution is -2.42. The number of methoxy groups -OCH3 is 1. The highest BCUT2D eigenvalue weighted by Crippen LogP contribution is 2.48. The predicted molar refractivity (Wildman–Crippen MR) is 126 cm³/mol. The molecule has 1 atom stereocenters. The number of benzene rings is 3. The zero-order valence-electron chi connectivity index (χ0n) is 18.8. The zero-order chi connectivity index (χ0) is 22.8. The number of carbonyl (C=O) groups excluding carboxylic acids is 2. The Balaban J connectivity index is 1.17. The Morgan fingerprint density at radius 1 is 1.03 bits per heavy atom. The van der Waals surface area contributed by atoms with Gasteiger partial charge in [-0.1, -0.05) is 42.5 Å². The number of nitrogens with zero attached hydrogens (tertiary/aromatic N) is 1. The topological polar surface area (TPSA) is 67.9 Å². The van der Waals surface area contributed by atoms with Gasteiger partial charge in [-0.25, -0.2) is 4.79 Å². The maximum atomic E-state index is 12.7. The van der Waals surface area contributed by atoms with E-state index >= 15 is 0 Å². The third kappa shape index (κ3) is 4.44. The summed E-state index contributed by atoms with van der Waals surface area (Å²) in [5, 5.41) is 6.45. The fraction of sp³-hybridized carbons (Fsp3) is 0.333. The van der Waals surface area contributed by atoms with Crippen LogP contribution in [0, 0.1) is 0 Å². The van der Waals surface area contributed by atoms with E-state index in [1.807, 2.05) is 4.90 Å². The molecule has 3 aromatic carbocycles. The zero-order valence-corrected chi connectivity index (χ0v) is 18.8. The lowest BCUT2D eigenvalue weighted by atomic mass is 9.96. The van der Waals surface area contributed by atoms with Crippen LogP contribution in [0.1, 0.15) is 35.2 Å². The van der Waals surface area contributed by atoms with Crippen LogP contribution in [0.25, 0.3) is 10.8 Å². The number of carbonyl (C=O) groups is 2. The number of esters is 1. The number of amides is 1. The Morgan fingerprint density at radius 2 is 1.79 bits per heavy atom. The summed E-state index contributed by atoms with van der Waals surface area (Å²) in [5.74, 6) is 0.134. The van der Waals surface area contributed by atoms with Gasteiger partial charge >= 0.3 is 5.97 Å². The molecule has 1 saturated carbocycles. The second-order valence-corrected chi connectivity index (χ2v) is 8.88. The molecule has 6 nitrogen and oxygen atoms in total. The van der Waals surface area contributed by atoms with Crippen molar-refractivity contribution in [2.24, 2.45) is 0 Å². The average molecular weight is 445 g/mol. The average Bonchev–Trinajstić information content (AvgIpc) is 3.49. The molecule has 1 heterocycles. The number of ether oxygens (including phenoxy) is 2. The Bertz CT molecular complexity index is 1160. The predicted octanol–water partition coefficient (Wildman–Crippen LogP) is 3.89. The van der Waals surface area contributed by atoms with Gasteiger partial charge in [-0.2, -0.15) is 0 Å². The number of hydrogen-bond acceptors (Lipinski definition) is 5. The van der Waals surface area contributed by atoms with E-state index in [2.05, 4.69) is 47.8 Å². The van der Waals surface area contributed by atoms with Crippen molar-refractivity contribution in [1.82, 2.24) is 10.2 Å². The van der Waals surface area contributed by atoms with E-state index in [-0.39, 0.29) is 24.1 Å². The molecule has 1 N–H and O–H groups in total. The maximum Gasteiger partial charge on any atom is 0.337 e. The SMILES string of the molecule is COC(=O)c1ccc(OCC(=O)N2CC[C@H](NC3(c4cccc5ccccc45)CC3)C2)cc1. The van der Waals surface area contributed by atoms with E-state index in [4.69, 9.17) is 9.47 Å². The first-order valence-corrected chi connectivity index (χ1v) is 11.4. The number of nitrogens with one attached hydrogen (secondary N) is 1. The second-order valence-electron chi connectivity index (χ2n) is 8.88. The van der Waals surface area contributed by atoms with Gasteiger partial charge in [-0.3, -0.25) is 4.79 Å². The van der Waals surface area contributed by atoms with E-state index in [1.165, 1.54) is 23.4 Å². The minimum atomic E-state index is -0.398. The molecule has 1 amide bonds. The van der Waals surface area contributed by atoms with Gasteiger partial charge in [0.25, 0.3) is 5.91 Å². The van der Waals surface area contributed by atoms with E-state index in [0.29, 0.717) is 17.9 Å². The Morgan fingerprint density at radius 3 is 2.55 bits per heavy atom. The molecule has 1 aliphatic carbocycles. The van der Waals surface area contributed by atoms with Crippen LogP contribution in [-0.2, 0) is 15.1 Å². The molecule has 0 unspecified atom stereocenters. The monoisotopic (exact) mass is 444 g/mol. The minimum Gasteiger partial charge on any atom is -0.484 e. The van der Waals surface area contributed by atoms with Crippen molar-refractivity contribution in [1.29, 1.82) is 0 Å². The molecule has 170 valence electrons. The Kier molecular flexibility index (Phi) is 5.77. The maximum absolute atomic E-state index is 12.7. The standard InChI is InChI=1S/C27H28N2O4/c1-32-26(31)20-9-11-22(12-10-20)33-18-25(30)29-16-13-21(17-29)28-27(14-15-27)24-8-4-6-19-5-2-3-7-23(19)24/h2-12,21,28H,13-18H2,1H3/t21-/m0/s1. The highest BCUT2D eigenvalue weighted by molar-refractivity contribution is 5.89. The van der Waals surface area contributed by atoms with Crippen molar-refractivity contribution < 1.29 is 19.1 Å². The summed E-state index contributed by atoms with van der Waals surface area (Å²) in [6, 6.07) is 22.0. The van der Waals surface area contributed by atoms with Crippen molar-refractivity contribution in [3.63, 3.8) is 0 Å². The summed E-state index contributed by atoms with van der Waals surface area (Å²) in [6.45, 7) is 1.40. The fourth-order valence-corrected chi connectivity index (χ4v) is 4.80. The number of likely N-dealkylation sites (tertiary alicyclic amines) is 1. The summed E-state index contributed by atoms with van der Waals surface area (Å²) in [7, 11) is 1.34. The molecule has 2 fully saturated rings. The number of fused-ring (bicyclic) bond motifs is 1. The van der Waals surface area contributed by atoms with Gasteiger partial charge in [-0.05, 0) is 59.9 Å². The van der Waals surface area contributed by atoms with Crippen LogP contribution in [0.3, 0.4) is 0 Å². The molecule has 6 heteroatoms. The van der Waals surface area contributed by atoms with E-state index in [0.717, 1.165) is 25.8 Å². The highest BCUT2D eigenvalue weighted by Gasteiger charge is 2.47. The normalized spacial score (nSPS) is 18.8. The largest absolute Gasteiger partial charge is 0.484 e. The van der Waals surface area contributed by atoms with Crippen molar-refractivity contribution >= 4 is 22.6 Å². The van der Waals surface area contributed by atoms with Crippen LogP contribution < -0.4 is 10.1 Å². The molecule has 0 spiro atoms. The second kappa shape index (κ2) is 8.87. The quantitative estimate of drug-likeness (QED) is 0.560. The molecule has 1 saturated heterocycles. The molecule has 2 aliphatic rings. The van der Waals surface area contributed by atoms with Crippen LogP contribution >= 0.6 is 0 Å². The van der Waals surface area contributed by atoms with Crippen LogP contribution in [0.5, 0.6) is 5.75 Å². The Hall–Kier alpha value is -3.38. The third-order valence-electron chi connectivity index (χ3n) is 6.71. The first kappa shape index (κ1) is 21.5. The molecule has 33 heavy (non-hydrogen) atoms. The van der Waals surface area contributed by atoms with Crippen molar-refractivity contribution in [2.45, 2.75) is 30.8 Å². The van der Waals surface area contributed by atoms with Crippen molar-refractivity contribution in [3.05, 3.63) is 77.9 Å². The van der Waals surface area contributed by atoms with Crippen LogP contribution in [0.2, 0.25) is 0 Å². The summed E-state index contributed by atoms with van der Waals surface area (Å²) >= 11 is 0. The molecular formula is C27H28N2O4. The lowest BCUT2D eigenvalue weighted by Gasteiger charge is -2.25. The van der Waals surface area contributed by atoms with Crippen molar-refractivity contribution in [2.75, 3.05) is 26.8 Å². The van der Waals surface area contributed by atoms with Gasteiger partial charge in [0.1, 0.15) is 5.75 Å². The summed E-state index contributed by atoms with van der Waals surface area (Å²) < 4.78 is 10.3.